The number of aromatic nitrogens is 2. The first-order valence-corrected chi connectivity index (χ1v) is 6.69. The van der Waals surface area contributed by atoms with Crippen LogP contribution in [-0.2, 0) is 9.59 Å². The third kappa shape index (κ3) is 2.35. The zero-order valence-electron chi connectivity index (χ0n) is 10.4. The van der Waals surface area contributed by atoms with E-state index < -0.39 is 11.9 Å². The molecule has 1 aliphatic heterocycles. The largest absolute Gasteiger partial charge is 0.368 e. The molecule has 1 aromatic heterocycles. The van der Waals surface area contributed by atoms with Crippen molar-refractivity contribution in [1.29, 1.82) is 0 Å². The number of likely N-dealkylation sites (tertiary alicyclic amines) is 1. The molecule has 6 nitrogen and oxygen atoms in total. The molecule has 2 N–H and O–H groups in total. The van der Waals surface area contributed by atoms with Crippen molar-refractivity contribution >= 4 is 23.3 Å². The van der Waals surface area contributed by atoms with E-state index in [1.54, 1.807) is 4.90 Å². The van der Waals surface area contributed by atoms with Crippen LogP contribution in [0.3, 0.4) is 0 Å². The quantitative estimate of drug-likeness (QED) is 0.857. The molecule has 18 heavy (non-hydrogen) atoms. The number of aryl methyl sites for hydroxylation is 1. The number of carbonyl (C=O) groups excluding carboxylic acids is 2. The van der Waals surface area contributed by atoms with Gasteiger partial charge in [0.05, 0.1) is 0 Å². The van der Waals surface area contributed by atoms with E-state index in [1.807, 2.05) is 13.8 Å². The molecule has 2 atom stereocenters. The highest BCUT2D eigenvalue weighted by atomic mass is 32.1. The molecular formula is C11H16N4O2S. The van der Waals surface area contributed by atoms with E-state index in [0.29, 0.717) is 19.4 Å². The Morgan fingerprint density at radius 3 is 2.89 bits per heavy atom. The summed E-state index contributed by atoms with van der Waals surface area (Å²) >= 11 is 1.32. The van der Waals surface area contributed by atoms with E-state index in [2.05, 4.69) is 9.36 Å². The molecule has 2 amide bonds. The van der Waals surface area contributed by atoms with Crippen LogP contribution in [0.15, 0.2) is 0 Å². The summed E-state index contributed by atoms with van der Waals surface area (Å²) in [6, 6.07) is -0.503. The van der Waals surface area contributed by atoms with Gasteiger partial charge in [-0.15, -0.1) is 0 Å². The lowest BCUT2D eigenvalue weighted by Crippen LogP contribution is -2.45. The van der Waals surface area contributed by atoms with Crippen molar-refractivity contribution < 1.29 is 9.59 Å². The average molecular weight is 268 g/mol. The Bertz CT molecular complexity index is 473. The van der Waals surface area contributed by atoms with Crippen LogP contribution in [0.1, 0.15) is 36.5 Å². The molecule has 0 saturated carbocycles. The molecule has 2 unspecified atom stereocenters. The lowest BCUT2D eigenvalue weighted by molar-refractivity contribution is -0.136. The highest BCUT2D eigenvalue weighted by Gasteiger charge is 2.37. The van der Waals surface area contributed by atoms with Crippen molar-refractivity contribution in [3.05, 3.63) is 10.8 Å². The normalized spacial score (nSPS) is 21.3. The Morgan fingerprint density at radius 2 is 2.39 bits per heavy atom. The van der Waals surface area contributed by atoms with Gasteiger partial charge in [0.1, 0.15) is 16.9 Å². The lowest BCUT2D eigenvalue weighted by atomic mass is 10.1. The van der Waals surface area contributed by atoms with E-state index in [-0.39, 0.29) is 11.8 Å². The van der Waals surface area contributed by atoms with Crippen molar-refractivity contribution in [2.75, 3.05) is 6.54 Å². The minimum atomic E-state index is -0.503. The molecule has 1 fully saturated rings. The zero-order valence-corrected chi connectivity index (χ0v) is 11.2. The lowest BCUT2D eigenvalue weighted by Gasteiger charge is -2.24. The minimum Gasteiger partial charge on any atom is -0.368 e. The van der Waals surface area contributed by atoms with Crippen LogP contribution < -0.4 is 5.73 Å². The van der Waals surface area contributed by atoms with Gasteiger partial charge in [-0.05, 0) is 24.9 Å². The zero-order chi connectivity index (χ0) is 13.3. The maximum atomic E-state index is 11.9. The molecule has 0 radical (unpaired) electrons. The molecule has 2 heterocycles. The first kappa shape index (κ1) is 12.9. The maximum Gasteiger partial charge on any atom is 0.240 e. The van der Waals surface area contributed by atoms with Gasteiger partial charge in [0.15, 0.2) is 0 Å². The number of carbonyl (C=O) groups is 2. The molecule has 2 rings (SSSR count). The van der Waals surface area contributed by atoms with Crippen LogP contribution in [0.4, 0.5) is 0 Å². The maximum absolute atomic E-state index is 11.9. The molecule has 1 aliphatic rings. The van der Waals surface area contributed by atoms with Gasteiger partial charge in [0.2, 0.25) is 11.8 Å². The Labute approximate surface area is 109 Å². The number of amides is 2. The Hall–Kier alpha value is -1.50. The third-order valence-corrected chi connectivity index (χ3v) is 4.11. The average Bonchev–Trinajstić information content (AvgIpc) is 2.87. The monoisotopic (exact) mass is 268 g/mol. The topological polar surface area (TPSA) is 89.2 Å². The summed E-state index contributed by atoms with van der Waals surface area (Å²) < 4.78 is 4.12. The van der Waals surface area contributed by atoms with Crippen LogP contribution in [0.25, 0.3) is 0 Å². The van der Waals surface area contributed by atoms with E-state index in [4.69, 9.17) is 5.73 Å². The smallest absolute Gasteiger partial charge is 0.240 e. The van der Waals surface area contributed by atoms with Gasteiger partial charge in [-0.1, -0.05) is 6.92 Å². The van der Waals surface area contributed by atoms with E-state index in [0.717, 1.165) is 10.8 Å². The van der Waals surface area contributed by atoms with Crippen molar-refractivity contribution in [3.63, 3.8) is 0 Å². The number of primary amides is 1. The predicted molar refractivity (Wildman–Crippen MR) is 67.0 cm³/mol. The van der Waals surface area contributed by atoms with Gasteiger partial charge in [0, 0.05) is 18.9 Å². The van der Waals surface area contributed by atoms with Gasteiger partial charge in [-0.3, -0.25) is 9.59 Å². The second-order valence-electron chi connectivity index (χ2n) is 4.45. The summed E-state index contributed by atoms with van der Waals surface area (Å²) in [4.78, 5) is 29.1. The SMILES string of the molecule is CCC(C(N)=O)N1CC(c2nc(C)ns2)CC1=O. The van der Waals surface area contributed by atoms with Crippen molar-refractivity contribution in [2.45, 2.75) is 38.6 Å². The van der Waals surface area contributed by atoms with E-state index in [9.17, 15) is 9.59 Å². The summed E-state index contributed by atoms with van der Waals surface area (Å²) in [6.07, 6.45) is 0.932. The molecule has 98 valence electrons. The first-order valence-electron chi connectivity index (χ1n) is 5.92. The van der Waals surface area contributed by atoms with Gasteiger partial charge in [-0.2, -0.15) is 4.37 Å². The number of hydrogen-bond acceptors (Lipinski definition) is 5. The van der Waals surface area contributed by atoms with Crippen LogP contribution in [0.5, 0.6) is 0 Å². The van der Waals surface area contributed by atoms with Gasteiger partial charge in [0.25, 0.3) is 0 Å². The van der Waals surface area contributed by atoms with Crippen molar-refractivity contribution in [1.82, 2.24) is 14.3 Å². The van der Waals surface area contributed by atoms with Gasteiger partial charge < -0.3 is 10.6 Å². The first-order chi connectivity index (χ1) is 8.52. The summed E-state index contributed by atoms with van der Waals surface area (Å²) in [5, 5.41) is 0.864. The fraction of sp³-hybridized carbons (Fsp3) is 0.636. The third-order valence-electron chi connectivity index (χ3n) is 3.14. The number of nitrogens with two attached hydrogens (primary N) is 1. The Morgan fingerprint density at radius 1 is 1.67 bits per heavy atom. The molecular weight excluding hydrogens is 252 g/mol. The fourth-order valence-corrected chi connectivity index (χ4v) is 3.00. The highest BCUT2D eigenvalue weighted by molar-refractivity contribution is 7.05. The van der Waals surface area contributed by atoms with Crippen LogP contribution >= 0.6 is 11.5 Å². The van der Waals surface area contributed by atoms with Crippen LogP contribution in [0, 0.1) is 6.92 Å². The van der Waals surface area contributed by atoms with Crippen molar-refractivity contribution in [2.24, 2.45) is 5.73 Å². The molecule has 0 aliphatic carbocycles. The molecule has 0 spiro atoms. The van der Waals surface area contributed by atoms with Gasteiger partial charge in [-0.25, -0.2) is 4.98 Å². The Balaban J connectivity index is 2.13. The number of hydrogen-bond donors (Lipinski definition) is 1. The van der Waals surface area contributed by atoms with Gasteiger partial charge >= 0.3 is 0 Å². The summed E-state index contributed by atoms with van der Waals surface area (Å²) in [5.41, 5.74) is 5.32. The number of nitrogens with zero attached hydrogens (tertiary/aromatic N) is 3. The fourth-order valence-electron chi connectivity index (χ4n) is 2.25. The number of rotatable bonds is 4. The second-order valence-corrected chi connectivity index (χ2v) is 5.24. The van der Waals surface area contributed by atoms with Crippen molar-refractivity contribution in [3.8, 4) is 0 Å². The molecule has 0 aromatic carbocycles. The van der Waals surface area contributed by atoms with Crippen LogP contribution in [-0.4, -0.2) is 38.7 Å². The molecule has 1 saturated heterocycles. The summed E-state index contributed by atoms with van der Waals surface area (Å²) in [5.74, 6) is 0.290. The Kier molecular flexibility index (Phi) is 3.60. The van der Waals surface area contributed by atoms with E-state index in [1.165, 1.54) is 11.5 Å². The second kappa shape index (κ2) is 5.01. The molecule has 1 aromatic rings. The highest BCUT2D eigenvalue weighted by Crippen LogP contribution is 2.30. The summed E-state index contributed by atoms with van der Waals surface area (Å²) in [6.45, 7) is 4.19. The minimum absolute atomic E-state index is 0.0292. The van der Waals surface area contributed by atoms with E-state index >= 15 is 0 Å². The standard InChI is InChI=1S/C11H16N4O2S/c1-3-8(10(12)17)15-5-7(4-9(15)16)11-13-6(2)14-18-11/h7-8H,3-5H2,1-2H3,(H2,12,17). The summed E-state index contributed by atoms with van der Waals surface area (Å²) in [7, 11) is 0. The molecule has 0 bridgehead atoms. The molecule has 7 heteroatoms. The van der Waals surface area contributed by atoms with Crippen LogP contribution in [0.2, 0.25) is 0 Å². The predicted octanol–water partition coefficient (Wildman–Crippen LogP) is 0.426.